The van der Waals surface area contributed by atoms with E-state index in [4.69, 9.17) is 5.73 Å². The average molecular weight is 276 g/mol. The summed E-state index contributed by atoms with van der Waals surface area (Å²) in [5.74, 6) is 0.161. The van der Waals surface area contributed by atoms with E-state index < -0.39 is 17.6 Å². The fourth-order valence-electron chi connectivity index (χ4n) is 1.94. The molecule has 19 heavy (non-hydrogen) atoms. The van der Waals surface area contributed by atoms with E-state index in [-0.39, 0.29) is 12.0 Å². The van der Waals surface area contributed by atoms with Gasteiger partial charge in [0.25, 0.3) is 0 Å². The Kier molecular flexibility index (Phi) is 4.60. The summed E-state index contributed by atoms with van der Waals surface area (Å²) in [5.41, 5.74) is 4.31. The molecule has 0 radical (unpaired) electrons. The van der Waals surface area contributed by atoms with Crippen LogP contribution in [-0.2, 0) is 6.18 Å². The summed E-state index contributed by atoms with van der Waals surface area (Å²) in [6.07, 6.45) is -3.82. The fourth-order valence-corrected chi connectivity index (χ4v) is 1.94. The van der Waals surface area contributed by atoms with Gasteiger partial charge in [-0.25, -0.2) is 4.98 Å². The molecule has 0 saturated carbocycles. The van der Waals surface area contributed by atoms with Crippen molar-refractivity contribution in [1.29, 1.82) is 0 Å². The first kappa shape index (κ1) is 15.5. The van der Waals surface area contributed by atoms with Crippen molar-refractivity contribution in [3.63, 3.8) is 0 Å². The standard InChI is InChI=1S/C12H19F3N4/c1-6(2)9(7(3)4)18-11-17-5-8(10(16)19-11)12(13,14)15/h5-7,9H,1-4H3,(H3,16,17,18,19). The Hall–Kier alpha value is -1.53. The van der Waals surface area contributed by atoms with E-state index in [9.17, 15) is 13.2 Å². The highest BCUT2D eigenvalue weighted by Crippen LogP contribution is 2.32. The predicted molar refractivity (Wildman–Crippen MR) is 68.5 cm³/mol. The van der Waals surface area contributed by atoms with Crippen molar-refractivity contribution in [2.24, 2.45) is 11.8 Å². The molecule has 0 bridgehead atoms. The molecular formula is C12H19F3N4. The number of aromatic nitrogens is 2. The summed E-state index contributed by atoms with van der Waals surface area (Å²) < 4.78 is 37.6. The first-order valence-corrected chi connectivity index (χ1v) is 6.09. The highest BCUT2D eigenvalue weighted by atomic mass is 19.4. The molecule has 0 aliphatic carbocycles. The molecular weight excluding hydrogens is 257 g/mol. The van der Waals surface area contributed by atoms with Gasteiger partial charge in [0.2, 0.25) is 5.95 Å². The Morgan fingerprint density at radius 1 is 1.16 bits per heavy atom. The second-order valence-corrected chi connectivity index (χ2v) is 5.15. The third kappa shape index (κ3) is 3.97. The maximum atomic E-state index is 12.5. The molecule has 0 atom stereocenters. The summed E-state index contributed by atoms with van der Waals surface area (Å²) in [4.78, 5) is 7.37. The van der Waals surface area contributed by atoms with E-state index in [1.165, 1.54) is 0 Å². The minimum Gasteiger partial charge on any atom is -0.383 e. The number of anilines is 2. The largest absolute Gasteiger partial charge is 0.421 e. The van der Waals surface area contributed by atoms with Gasteiger partial charge in [0.05, 0.1) is 0 Å². The smallest absolute Gasteiger partial charge is 0.383 e. The van der Waals surface area contributed by atoms with Crippen molar-refractivity contribution in [2.45, 2.75) is 39.9 Å². The second kappa shape index (κ2) is 5.63. The highest BCUT2D eigenvalue weighted by Gasteiger charge is 2.34. The molecule has 108 valence electrons. The van der Waals surface area contributed by atoms with Gasteiger partial charge in [0.15, 0.2) is 0 Å². The van der Waals surface area contributed by atoms with Crippen molar-refractivity contribution in [2.75, 3.05) is 11.1 Å². The summed E-state index contributed by atoms with van der Waals surface area (Å²) in [5, 5.41) is 3.03. The third-order valence-corrected chi connectivity index (χ3v) is 2.86. The molecule has 1 aromatic heterocycles. The van der Waals surface area contributed by atoms with Crippen LogP contribution in [0.2, 0.25) is 0 Å². The van der Waals surface area contributed by atoms with Crippen LogP contribution >= 0.6 is 0 Å². The zero-order valence-electron chi connectivity index (χ0n) is 11.4. The molecule has 0 unspecified atom stereocenters. The number of rotatable bonds is 4. The number of nitrogens with one attached hydrogen (secondary N) is 1. The van der Waals surface area contributed by atoms with Crippen LogP contribution in [0.25, 0.3) is 0 Å². The highest BCUT2D eigenvalue weighted by molar-refractivity contribution is 5.44. The van der Waals surface area contributed by atoms with Gasteiger partial charge in [-0.3, -0.25) is 0 Å². The van der Waals surface area contributed by atoms with Crippen LogP contribution in [-0.4, -0.2) is 16.0 Å². The number of hydrogen-bond acceptors (Lipinski definition) is 4. The number of hydrogen-bond donors (Lipinski definition) is 2. The van der Waals surface area contributed by atoms with E-state index in [1.54, 1.807) is 0 Å². The van der Waals surface area contributed by atoms with E-state index >= 15 is 0 Å². The number of nitrogens with two attached hydrogens (primary N) is 1. The van der Waals surface area contributed by atoms with Crippen LogP contribution in [0.1, 0.15) is 33.3 Å². The van der Waals surface area contributed by atoms with E-state index in [0.29, 0.717) is 18.0 Å². The molecule has 0 saturated heterocycles. The molecule has 0 aliphatic rings. The lowest BCUT2D eigenvalue weighted by Gasteiger charge is -2.26. The topological polar surface area (TPSA) is 63.8 Å². The van der Waals surface area contributed by atoms with Crippen molar-refractivity contribution >= 4 is 11.8 Å². The SMILES string of the molecule is CC(C)C(Nc1ncc(C(F)(F)F)c(N)n1)C(C)C. The lowest BCUT2D eigenvalue weighted by atomic mass is 9.93. The molecule has 1 heterocycles. The van der Waals surface area contributed by atoms with Gasteiger partial charge in [-0.2, -0.15) is 18.2 Å². The zero-order chi connectivity index (χ0) is 14.8. The van der Waals surface area contributed by atoms with Crippen LogP contribution in [0.3, 0.4) is 0 Å². The Bertz CT molecular complexity index is 421. The minimum atomic E-state index is -4.53. The number of alkyl halides is 3. The van der Waals surface area contributed by atoms with Crippen molar-refractivity contribution in [1.82, 2.24) is 9.97 Å². The fraction of sp³-hybridized carbons (Fsp3) is 0.667. The summed E-state index contributed by atoms with van der Waals surface area (Å²) in [7, 11) is 0. The van der Waals surface area contributed by atoms with Crippen molar-refractivity contribution in [3.8, 4) is 0 Å². The monoisotopic (exact) mass is 276 g/mol. The summed E-state index contributed by atoms with van der Waals surface area (Å²) >= 11 is 0. The Morgan fingerprint density at radius 2 is 1.68 bits per heavy atom. The molecule has 0 fully saturated rings. The first-order chi connectivity index (χ1) is 8.62. The van der Waals surface area contributed by atoms with Gasteiger partial charge in [0.1, 0.15) is 11.4 Å². The zero-order valence-corrected chi connectivity index (χ0v) is 11.4. The van der Waals surface area contributed by atoms with Gasteiger partial charge in [-0.15, -0.1) is 0 Å². The van der Waals surface area contributed by atoms with Crippen LogP contribution in [0.5, 0.6) is 0 Å². The Balaban J connectivity index is 2.96. The quantitative estimate of drug-likeness (QED) is 0.886. The molecule has 0 aromatic carbocycles. The van der Waals surface area contributed by atoms with Crippen LogP contribution in [0, 0.1) is 11.8 Å². The van der Waals surface area contributed by atoms with Crippen LogP contribution in [0.4, 0.5) is 24.9 Å². The number of nitrogens with zero attached hydrogens (tertiary/aromatic N) is 2. The number of halogens is 3. The molecule has 1 rings (SSSR count). The molecule has 3 N–H and O–H groups in total. The predicted octanol–water partition coefficient (Wildman–Crippen LogP) is 3.17. The summed E-state index contributed by atoms with van der Waals surface area (Å²) in [6, 6.07) is 0.0659. The number of nitrogen functional groups attached to an aromatic ring is 1. The summed E-state index contributed by atoms with van der Waals surface area (Å²) in [6.45, 7) is 8.08. The molecule has 0 amide bonds. The molecule has 4 nitrogen and oxygen atoms in total. The first-order valence-electron chi connectivity index (χ1n) is 6.09. The normalized spacial score (nSPS) is 12.5. The molecule has 0 aliphatic heterocycles. The van der Waals surface area contributed by atoms with Gasteiger partial charge < -0.3 is 11.1 Å². The van der Waals surface area contributed by atoms with E-state index in [1.807, 2.05) is 27.7 Å². The van der Waals surface area contributed by atoms with Gasteiger partial charge in [-0.05, 0) is 11.8 Å². The van der Waals surface area contributed by atoms with Gasteiger partial charge >= 0.3 is 6.18 Å². The lowest BCUT2D eigenvalue weighted by Crippen LogP contribution is -2.32. The Morgan fingerprint density at radius 3 is 2.05 bits per heavy atom. The Labute approximate surface area is 110 Å². The lowest BCUT2D eigenvalue weighted by molar-refractivity contribution is -0.137. The maximum Gasteiger partial charge on any atom is 0.421 e. The minimum absolute atomic E-state index is 0.0659. The third-order valence-electron chi connectivity index (χ3n) is 2.86. The van der Waals surface area contributed by atoms with Gasteiger partial charge in [0, 0.05) is 12.2 Å². The molecule has 0 spiro atoms. The molecule has 7 heteroatoms. The second-order valence-electron chi connectivity index (χ2n) is 5.15. The van der Waals surface area contributed by atoms with E-state index in [2.05, 4.69) is 15.3 Å². The van der Waals surface area contributed by atoms with Crippen molar-refractivity contribution < 1.29 is 13.2 Å². The van der Waals surface area contributed by atoms with Crippen LogP contribution < -0.4 is 11.1 Å². The van der Waals surface area contributed by atoms with Crippen molar-refractivity contribution in [3.05, 3.63) is 11.8 Å². The van der Waals surface area contributed by atoms with Crippen LogP contribution in [0.15, 0.2) is 6.20 Å². The molecule has 1 aromatic rings. The average Bonchev–Trinajstić information content (AvgIpc) is 2.23. The van der Waals surface area contributed by atoms with E-state index in [0.717, 1.165) is 0 Å². The van der Waals surface area contributed by atoms with Gasteiger partial charge in [-0.1, -0.05) is 27.7 Å². The maximum absolute atomic E-state index is 12.5.